The lowest BCUT2D eigenvalue weighted by Crippen LogP contribution is -2.46. The molecule has 4 nitrogen and oxygen atoms in total. The molecule has 21 heavy (non-hydrogen) atoms. The molecule has 118 valence electrons. The van der Waals surface area contributed by atoms with Gasteiger partial charge in [0.15, 0.2) is 0 Å². The first-order chi connectivity index (χ1) is 10.0. The second-order valence-corrected chi connectivity index (χ2v) is 6.18. The molecule has 0 bridgehead atoms. The maximum absolute atomic E-state index is 10.7. The molecular weight excluding hydrogens is 288 g/mol. The van der Waals surface area contributed by atoms with Gasteiger partial charge in [-0.25, -0.2) is 0 Å². The Hall–Kier alpha value is -0.810. The zero-order valence-electron chi connectivity index (χ0n) is 12.9. The number of ether oxygens (including phenoxy) is 1. The number of hydrogen-bond acceptors (Lipinski definition) is 4. The van der Waals surface area contributed by atoms with Gasteiger partial charge in [0.1, 0.15) is 0 Å². The molecule has 0 unspecified atom stereocenters. The molecule has 1 heterocycles. The number of hydrogen-bond donors (Lipinski definition) is 2. The van der Waals surface area contributed by atoms with Gasteiger partial charge < -0.3 is 20.1 Å². The SMILES string of the molecule is CCNCc1cc(Cl)ccc1N(C)CC1(O)CCOCC1. The van der Waals surface area contributed by atoms with E-state index in [9.17, 15) is 5.11 Å². The van der Waals surface area contributed by atoms with E-state index in [1.165, 1.54) is 0 Å². The Balaban J connectivity index is 2.11. The van der Waals surface area contributed by atoms with Crippen LogP contribution in [0.2, 0.25) is 5.02 Å². The van der Waals surface area contributed by atoms with E-state index in [1.807, 2.05) is 25.2 Å². The van der Waals surface area contributed by atoms with Gasteiger partial charge >= 0.3 is 0 Å². The Morgan fingerprint density at radius 1 is 1.38 bits per heavy atom. The number of anilines is 1. The minimum absolute atomic E-state index is 0.608. The van der Waals surface area contributed by atoms with Crippen LogP contribution in [-0.4, -0.2) is 44.1 Å². The quantitative estimate of drug-likeness (QED) is 0.847. The maximum Gasteiger partial charge on any atom is 0.0865 e. The van der Waals surface area contributed by atoms with Crippen LogP contribution in [0.5, 0.6) is 0 Å². The third kappa shape index (κ3) is 4.58. The Morgan fingerprint density at radius 3 is 2.76 bits per heavy atom. The Bertz CT molecular complexity index is 462. The molecule has 0 aromatic heterocycles. The third-order valence-corrected chi connectivity index (χ3v) is 4.21. The van der Waals surface area contributed by atoms with Crippen molar-refractivity contribution in [2.75, 3.05) is 38.3 Å². The van der Waals surface area contributed by atoms with Crippen LogP contribution in [-0.2, 0) is 11.3 Å². The number of aliphatic hydroxyl groups is 1. The monoisotopic (exact) mass is 312 g/mol. The van der Waals surface area contributed by atoms with Crippen molar-refractivity contribution in [1.29, 1.82) is 0 Å². The maximum atomic E-state index is 10.7. The van der Waals surface area contributed by atoms with Crippen molar-refractivity contribution in [3.8, 4) is 0 Å². The first kappa shape index (κ1) is 16.6. The number of rotatable bonds is 6. The number of nitrogens with zero attached hydrogens (tertiary/aromatic N) is 1. The topological polar surface area (TPSA) is 44.7 Å². The van der Waals surface area contributed by atoms with E-state index >= 15 is 0 Å². The molecule has 1 aromatic rings. The summed E-state index contributed by atoms with van der Waals surface area (Å²) in [5.74, 6) is 0. The van der Waals surface area contributed by atoms with Gasteiger partial charge in [0.05, 0.1) is 5.60 Å². The number of likely N-dealkylation sites (N-methyl/N-ethyl adjacent to an activating group) is 1. The molecule has 0 atom stereocenters. The molecule has 1 aliphatic heterocycles. The molecule has 5 heteroatoms. The molecular formula is C16H25ClN2O2. The fraction of sp³-hybridized carbons (Fsp3) is 0.625. The molecule has 2 rings (SSSR count). The smallest absolute Gasteiger partial charge is 0.0865 e. The summed E-state index contributed by atoms with van der Waals surface area (Å²) in [6.45, 7) is 5.65. The highest BCUT2D eigenvalue weighted by Gasteiger charge is 2.31. The number of benzene rings is 1. The lowest BCUT2D eigenvalue weighted by Gasteiger charge is -2.36. The normalized spacial score (nSPS) is 17.7. The van der Waals surface area contributed by atoms with E-state index in [0.29, 0.717) is 32.6 Å². The summed E-state index contributed by atoms with van der Waals surface area (Å²) in [6, 6.07) is 5.92. The van der Waals surface area contributed by atoms with E-state index in [-0.39, 0.29) is 0 Å². The van der Waals surface area contributed by atoms with Crippen molar-refractivity contribution in [3.63, 3.8) is 0 Å². The zero-order valence-corrected chi connectivity index (χ0v) is 13.6. The zero-order chi connectivity index (χ0) is 15.3. The average molecular weight is 313 g/mol. The van der Waals surface area contributed by atoms with E-state index in [1.54, 1.807) is 0 Å². The van der Waals surface area contributed by atoms with Gasteiger partial charge in [-0.15, -0.1) is 0 Å². The first-order valence-corrected chi connectivity index (χ1v) is 7.92. The predicted molar refractivity (Wildman–Crippen MR) is 87.1 cm³/mol. The summed E-state index contributed by atoms with van der Waals surface area (Å²) in [4.78, 5) is 2.12. The van der Waals surface area contributed by atoms with Crippen LogP contribution >= 0.6 is 11.6 Å². The molecule has 0 amide bonds. The third-order valence-electron chi connectivity index (χ3n) is 3.97. The average Bonchev–Trinajstić information content (AvgIpc) is 2.45. The van der Waals surface area contributed by atoms with E-state index in [0.717, 1.165) is 29.4 Å². The van der Waals surface area contributed by atoms with Crippen molar-refractivity contribution in [1.82, 2.24) is 5.32 Å². The van der Waals surface area contributed by atoms with Gasteiger partial charge in [-0.2, -0.15) is 0 Å². The van der Waals surface area contributed by atoms with Gasteiger partial charge in [-0.1, -0.05) is 18.5 Å². The highest BCUT2D eigenvalue weighted by molar-refractivity contribution is 6.30. The van der Waals surface area contributed by atoms with Crippen LogP contribution in [0, 0.1) is 0 Å². The van der Waals surface area contributed by atoms with Crippen molar-refractivity contribution < 1.29 is 9.84 Å². The van der Waals surface area contributed by atoms with Gasteiger partial charge in [0.25, 0.3) is 0 Å². The fourth-order valence-electron chi connectivity index (χ4n) is 2.76. The lowest BCUT2D eigenvalue weighted by molar-refractivity contribution is -0.0572. The Labute approximate surface area is 132 Å². The predicted octanol–water partition coefficient (Wildman–Crippen LogP) is 2.43. The molecule has 1 aromatic carbocycles. The summed E-state index contributed by atoms with van der Waals surface area (Å²) in [7, 11) is 2.02. The van der Waals surface area contributed by atoms with E-state index in [2.05, 4.69) is 17.1 Å². The molecule has 0 aliphatic carbocycles. The molecule has 0 saturated carbocycles. The van der Waals surface area contributed by atoms with Crippen LogP contribution in [0.25, 0.3) is 0 Å². The summed E-state index contributed by atoms with van der Waals surface area (Å²) < 4.78 is 5.34. The molecule has 2 N–H and O–H groups in total. The molecule has 1 saturated heterocycles. The van der Waals surface area contributed by atoms with Crippen LogP contribution in [0.1, 0.15) is 25.3 Å². The molecule has 0 radical (unpaired) electrons. The summed E-state index contributed by atoms with van der Waals surface area (Å²) in [6.07, 6.45) is 1.38. The first-order valence-electron chi connectivity index (χ1n) is 7.54. The summed E-state index contributed by atoms with van der Waals surface area (Å²) >= 11 is 6.11. The molecule has 1 aliphatic rings. The summed E-state index contributed by atoms with van der Waals surface area (Å²) in [5.41, 5.74) is 1.60. The highest BCUT2D eigenvalue weighted by atomic mass is 35.5. The highest BCUT2D eigenvalue weighted by Crippen LogP contribution is 2.28. The van der Waals surface area contributed by atoms with Crippen molar-refractivity contribution in [3.05, 3.63) is 28.8 Å². The van der Waals surface area contributed by atoms with E-state index < -0.39 is 5.60 Å². The fourth-order valence-corrected chi connectivity index (χ4v) is 2.96. The standard InChI is InChI=1S/C16H25ClN2O2/c1-3-18-11-13-10-14(17)4-5-15(13)19(2)12-16(20)6-8-21-9-7-16/h4-5,10,18,20H,3,6-9,11-12H2,1-2H3. The number of halogens is 1. The van der Waals surface area contributed by atoms with Gasteiger partial charge in [-0.3, -0.25) is 0 Å². The minimum Gasteiger partial charge on any atom is -0.388 e. The van der Waals surface area contributed by atoms with Crippen LogP contribution in [0.3, 0.4) is 0 Å². The lowest BCUT2D eigenvalue weighted by atomic mass is 9.93. The largest absolute Gasteiger partial charge is 0.388 e. The van der Waals surface area contributed by atoms with Crippen LogP contribution < -0.4 is 10.2 Å². The van der Waals surface area contributed by atoms with Crippen LogP contribution in [0.15, 0.2) is 18.2 Å². The van der Waals surface area contributed by atoms with Crippen LogP contribution in [0.4, 0.5) is 5.69 Å². The Kier molecular flexibility index (Phi) is 5.88. The van der Waals surface area contributed by atoms with Crippen molar-refractivity contribution in [2.24, 2.45) is 0 Å². The van der Waals surface area contributed by atoms with Gasteiger partial charge in [-0.05, 0) is 30.3 Å². The van der Waals surface area contributed by atoms with Gasteiger partial charge in [0, 0.05) is 56.9 Å². The Morgan fingerprint density at radius 2 is 2.10 bits per heavy atom. The molecule has 0 spiro atoms. The van der Waals surface area contributed by atoms with Gasteiger partial charge in [0.2, 0.25) is 0 Å². The van der Waals surface area contributed by atoms with Crippen molar-refractivity contribution in [2.45, 2.75) is 31.9 Å². The minimum atomic E-state index is -0.665. The molecule has 1 fully saturated rings. The van der Waals surface area contributed by atoms with E-state index in [4.69, 9.17) is 16.3 Å². The second-order valence-electron chi connectivity index (χ2n) is 5.75. The summed E-state index contributed by atoms with van der Waals surface area (Å²) in [5, 5.41) is 14.7. The number of nitrogens with one attached hydrogen (secondary N) is 1. The second kappa shape index (κ2) is 7.45. The van der Waals surface area contributed by atoms with Crippen molar-refractivity contribution >= 4 is 17.3 Å².